The van der Waals surface area contributed by atoms with Crippen LogP contribution in [0.1, 0.15) is 15.9 Å². The fourth-order valence-electron chi connectivity index (χ4n) is 2.18. The quantitative estimate of drug-likeness (QED) is 0.572. The number of carbonyl (C=O) groups is 1. The van der Waals surface area contributed by atoms with Crippen LogP contribution < -0.4 is 5.73 Å². The van der Waals surface area contributed by atoms with Crippen LogP contribution in [0.4, 0.5) is 10.1 Å². The van der Waals surface area contributed by atoms with Gasteiger partial charge in [-0.25, -0.2) is 4.39 Å². The lowest BCUT2D eigenvalue weighted by Gasteiger charge is -2.08. The van der Waals surface area contributed by atoms with E-state index in [2.05, 4.69) is 4.98 Å². The molecule has 0 fully saturated rings. The van der Waals surface area contributed by atoms with E-state index in [0.29, 0.717) is 11.1 Å². The Morgan fingerprint density at radius 3 is 2.60 bits per heavy atom. The number of fused-ring (bicyclic) bond motifs is 1. The largest absolute Gasteiger partial charge is 0.396 e. The van der Waals surface area contributed by atoms with Gasteiger partial charge in [-0.3, -0.25) is 9.78 Å². The molecule has 0 saturated carbocycles. The van der Waals surface area contributed by atoms with Crippen molar-refractivity contribution in [2.24, 2.45) is 0 Å². The van der Waals surface area contributed by atoms with Gasteiger partial charge in [-0.15, -0.1) is 0 Å². The minimum atomic E-state index is -0.589. The molecule has 3 nitrogen and oxygen atoms in total. The summed E-state index contributed by atoms with van der Waals surface area (Å²) in [4.78, 5) is 16.8. The fourth-order valence-corrected chi connectivity index (χ4v) is 2.18. The number of para-hydroxylation sites is 1. The SMILES string of the molecule is Nc1c(F)cccc1C(=O)c1cccc2ncccc12. The van der Waals surface area contributed by atoms with E-state index in [1.165, 1.54) is 18.2 Å². The van der Waals surface area contributed by atoms with E-state index in [1.54, 1.807) is 24.4 Å². The van der Waals surface area contributed by atoms with E-state index in [-0.39, 0.29) is 17.0 Å². The van der Waals surface area contributed by atoms with Gasteiger partial charge in [-0.2, -0.15) is 0 Å². The number of nitrogens with zero attached hydrogens (tertiary/aromatic N) is 1. The standard InChI is InChI=1S/C16H11FN2O/c17-13-7-1-5-12(15(13)18)16(20)11-4-2-8-14-10(11)6-3-9-19-14/h1-9H,18H2. The van der Waals surface area contributed by atoms with Gasteiger partial charge in [0.15, 0.2) is 5.78 Å². The second kappa shape index (κ2) is 4.74. The Bertz CT molecular complexity index is 809. The summed E-state index contributed by atoms with van der Waals surface area (Å²) in [6.07, 6.45) is 1.66. The van der Waals surface area contributed by atoms with Gasteiger partial charge >= 0.3 is 0 Å². The molecule has 3 aromatic rings. The predicted octanol–water partition coefficient (Wildman–Crippen LogP) is 3.19. The lowest BCUT2D eigenvalue weighted by molar-refractivity contribution is 0.104. The molecular weight excluding hydrogens is 255 g/mol. The van der Waals surface area contributed by atoms with Crippen LogP contribution in [-0.4, -0.2) is 10.8 Å². The van der Waals surface area contributed by atoms with Gasteiger partial charge in [0.05, 0.1) is 11.2 Å². The summed E-state index contributed by atoms with van der Waals surface area (Å²) in [5.74, 6) is -0.894. The van der Waals surface area contributed by atoms with Crippen LogP contribution in [-0.2, 0) is 0 Å². The minimum absolute atomic E-state index is 0.126. The van der Waals surface area contributed by atoms with Gasteiger partial charge in [-0.05, 0) is 24.3 Å². The number of benzene rings is 2. The van der Waals surface area contributed by atoms with E-state index in [1.807, 2.05) is 12.1 Å². The summed E-state index contributed by atoms with van der Waals surface area (Å²) in [7, 11) is 0. The van der Waals surface area contributed by atoms with Crippen LogP contribution >= 0.6 is 0 Å². The van der Waals surface area contributed by atoms with Crippen molar-refractivity contribution < 1.29 is 9.18 Å². The molecule has 98 valence electrons. The molecule has 2 aromatic carbocycles. The maximum absolute atomic E-state index is 13.5. The van der Waals surface area contributed by atoms with Gasteiger partial charge in [0.1, 0.15) is 5.82 Å². The number of hydrogen-bond acceptors (Lipinski definition) is 3. The van der Waals surface area contributed by atoms with Crippen molar-refractivity contribution in [3.8, 4) is 0 Å². The first-order chi connectivity index (χ1) is 9.68. The summed E-state index contributed by atoms with van der Waals surface area (Å²) < 4.78 is 13.5. The summed E-state index contributed by atoms with van der Waals surface area (Å²) >= 11 is 0. The Labute approximate surface area is 114 Å². The average Bonchev–Trinajstić information content (AvgIpc) is 2.49. The third-order valence-electron chi connectivity index (χ3n) is 3.19. The molecule has 0 spiro atoms. The van der Waals surface area contributed by atoms with Crippen molar-refractivity contribution in [1.29, 1.82) is 0 Å². The van der Waals surface area contributed by atoms with E-state index >= 15 is 0 Å². The van der Waals surface area contributed by atoms with E-state index in [9.17, 15) is 9.18 Å². The maximum Gasteiger partial charge on any atom is 0.195 e. The van der Waals surface area contributed by atoms with Gasteiger partial charge in [0.2, 0.25) is 0 Å². The maximum atomic E-state index is 13.5. The second-order valence-electron chi connectivity index (χ2n) is 4.41. The number of hydrogen-bond donors (Lipinski definition) is 1. The minimum Gasteiger partial charge on any atom is -0.396 e. The Balaban J connectivity index is 2.21. The molecule has 0 aliphatic rings. The zero-order valence-corrected chi connectivity index (χ0v) is 10.5. The topological polar surface area (TPSA) is 56.0 Å². The number of anilines is 1. The molecule has 0 bridgehead atoms. The molecule has 0 aliphatic carbocycles. The number of aromatic nitrogens is 1. The van der Waals surface area contributed by atoms with E-state index < -0.39 is 5.82 Å². The summed E-state index contributed by atoms with van der Waals surface area (Å²) in [6.45, 7) is 0. The fraction of sp³-hybridized carbons (Fsp3) is 0. The molecule has 1 aromatic heterocycles. The number of nitrogen functional groups attached to an aromatic ring is 1. The van der Waals surface area contributed by atoms with Crippen molar-refractivity contribution in [2.75, 3.05) is 5.73 Å². The van der Waals surface area contributed by atoms with Gasteiger partial charge in [0.25, 0.3) is 0 Å². The molecule has 4 heteroatoms. The monoisotopic (exact) mass is 266 g/mol. The molecule has 20 heavy (non-hydrogen) atoms. The number of halogens is 1. The predicted molar refractivity (Wildman–Crippen MR) is 76.0 cm³/mol. The molecular formula is C16H11FN2O. The molecule has 0 amide bonds. The smallest absolute Gasteiger partial charge is 0.195 e. The lowest BCUT2D eigenvalue weighted by atomic mass is 9.98. The van der Waals surface area contributed by atoms with Crippen molar-refractivity contribution in [3.05, 3.63) is 71.7 Å². The van der Waals surface area contributed by atoms with Crippen molar-refractivity contribution in [2.45, 2.75) is 0 Å². The highest BCUT2D eigenvalue weighted by atomic mass is 19.1. The molecule has 1 heterocycles. The Morgan fingerprint density at radius 1 is 1.00 bits per heavy atom. The summed E-state index contributed by atoms with van der Waals surface area (Å²) in [6, 6.07) is 13.1. The van der Waals surface area contributed by atoms with Crippen molar-refractivity contribution in [3.63, 3.8) is 0 Å². The van der Waals surface area contributed by atoms with Crippen LogP contribution in [0.15, 0.2) is 54.7 Å². The normalized spacial score (nSPS) is 10.7. The van der Waals surface area contributed by atoms with Crippen LogP contribution in [0.3, 0.4) is 0 Å². The number of rotatable bonds is 2. The van der Waals surface area contributed by atoms with Crippen LogP contribution in [0, 0.1) is 5.82 Å². The zero-order valence-electron chi connectivity index (χ0n) is 10.5. The molecule has 0 unspecified atom stereocenters. The van der Waals surface area contributed by atoms with E-state index in [4.69, 9.17) is 5.73 Å². The van der Waals surface area contributed by atoms with Gasteiger partial charge < -0.3 is 5.73 Å². The van der Waals surface area contributed by atoms with E-state index in [0.717, 1.165) is 5.39 Å². The molecule has 0 atom stereocenters. The average molecular weight is 266 g/mol. The van der Waals surface area contributed by atoms with Crippen molar-refractivity contribution >= 4 is 22.4 Å². The van der Waals surface area contributed by atoms with Crippen LogP contribution in [0.5, 0.6) is 0 Å². The molecule has 0 radical (unpaired) electrons. The summed E-state index contributed by atoms with van der Waals surface area (Å²) in [5.41, 5.74) is 6.88. The first kappa shape index (κ1) is 12.3. The van der Waals surface area contributed by atoms with Crippen LogP contribution in [0.25, 0.3) is 10.9 Å². The third-order valence-corrected chi connectivity index (χ3v) is 3.19. The molecule has 0 saturated heterocycles. The molecule has 3 rings (SSSR count). The highest BCUT2D eigenvalue weighted by Crippen LogP contribution is 2.23. The number of pyridine rings is 1. The Kier molecular flexibility index (Phi) is 2.91. The molecule has 2 N–H and O–H groups in total. The molecule has 0 aliphatic heterocycles. The first-order valence-electron chi connectivity index (χ1n) is 6.11. The number of nitrogens with two attached hydrogens (primary N) is 1. The number of ketones is 1. The second-order valence-corrected chi connectivity index (χ2v) is 4.41. The van der Waals surface area contributed by atoms with Crippen molar-refractivity contribution in [1.82, 2.24) is 4.98 Å². The first-order valence-corrected chi connectivity index (χ1v) is 6.11. The number of carbonyl (C=O) groups excluding carboxylic acids is 1. The highest BCUT2D eigenvalue weighted by Gasteiger charge is 2.16. The van der Waals surface area contributed by atoms with Crippen LogP contribution in [0.2, 0.25) is 0 Å². The Morgan fingerprint density at radius 2 is 1.75 bits per heavy atom. The zero-order chi connectivity index (χ0) is 14.1. The third kappa shape index (κ3) is 1.91. The van der Waals surface area contributed by atoms with Gasteiger partial charge in [0, 0.05) is 22.7 Å². The Hall–Kier alpha value is -2.75. The highest BCUT2D eigenvalue weighted by molar-refractivity contribution is 6.18. The lowest BCUT2D eigenvalue weighted by Crippen LogP contribution is -2.07. The van der Waals surface area contributed by atoms with Gasteiger partial charge in [-0.1, -0.05) is 24.3 Å². The summed E-state index contributed by atoms with van der Waals surface area (Å²) in [5, 5.41) is 0.726.